The molecule has 6 nitrogen and oxygen atoms in total. The summed E-state index contributed by atoms with van der Waals surface area (Å²) in [7, 11) is -4.11. The van der Waals surface area contributed by atoms with E-state index in [-0.39, 0.29) is 45.0 Å². The summed E-state index contributed by atoms with van der Waals surface area (Å²) < 4.78 is 88.7. The number of nitrogens with zero attached hydrogens (tertiary/aromatic N) is 1. The normalized spacial score (nSPS) is 15.9. The highest BCUT2D eigenvalue weighted by molar-refractivity contribution is 7.89. The number of esters is 1. The lowest BCUT2D eigenvalue weighted by Crippen LogP contribution is -2.40. The smallest absolute Gasteiger partial charge is 0.416 e. The van der Waals surface area contributed by atoms with Gasteiger partial charge >= 0.3 is 12.1 Å². The van der Waals surface area contributed by atoms with Crippen molar-refractivity contribution < 1.29 is 40.2 Å². The molecule has 0 radical (unpaired) electrons. The number of hydrogen-bond donors (Lipinski definition) is 0. The fourth-order valence-corrected chi connectivity index (χ4v) is 4.90. The molecule has 0 unspecified atom stereocenters. The Kier molecular flexibility index (Phi) is 7.96. The summed E-state index contributed by atoms with van der Waals surface area (Å²) in [5.74, 6) is -0.814. The number of piperidine rings is 1. The van der Waals surface area contributed by atoms with Gasteiger partial charge < -0.3 is 9.47 Å². The zero-order valence-electron chi connectivity index (χ0n) is 17.6. The van der Waals surface area contributed by atoms with Crippen LogP contribution in [0.2, 0.25) is 0 Å². The van der Waals surface area contributed by atoms with Crippen molar-refractivity contribution in [1.29, 1.82) is 0 Å². The first-order valence-corrected chi connectivity index (χ1v) is 11.7. The van der Waals surface area contributed by atoms with Crippen LogP contribution in [0.1, 0.15) is 24.8 Å². The Morgan fingerprint density at radius 3 is 2.33 bits per heavy atom. The highest BCUT2D eigenvalue weighted by atomic mass is 32.2. The monoisotopic (exact) mass is 489 g/mol. The largest absolute Gasteiger partial charge is 0.493 e. The fraction of sp³-hybridized carbons (Fsp3) is 0.409. The number of halogens is 4. The minimum atomic E-state index is -4.65. The number of sulfonamides is 1. The first kappa shape index (κ1) is 25.0. The molecule has 1 heterocycles. The van der Waals surface area contributed by atoms with Gasteiger partial charge in [-0.1, -0.05) is 6.07 Å². The summed E-state index contributed by atoms with van der Waals surface area (Å²) in [5, 5.41) is 0. The summed E-state index contributed by atoms with van der Waals surface area (Å²) >= 11 is 0. The third-order valence-corrected chi connectivity index (χ3v) is 7.10. The predicted molar refractivity (Wildman–Crippen MR) is 110 cm³/mol. The van der Waals surface area contributed by atoms with Crippen LogP contribution in [-0.2, 0) is 25.7 Å². The lowest BCUT2D eigenvalue weighted by Gasteiger charge is -2.30. The minimum Gasteiger partial charge on any atom is -0.493 e. The second kappa shape index (κ2) is 10.5. The Morgan fingerprint density at radius 2 is 1.70 bits per heavy atom. The van der Waals surface area contributed by atoms with Gasteiger partial charge in [0.2, 0.25) is 10.0 Å². The van der Waals surface area contributed by atoms with Crippen molar-refractivity contribution in [2.75, 3.05) is 26.3 Å². The van der Waals surface area contributed by atoms with Gasteiger partial charge in [-0.15, -0.1) is 0 Å². The fourth-order valence-electron chi connectivity index (χ4n) is 3.38. The van der Waals surface area contributed by atoms with Gasteiger partial charge in [0.25, 0.3) is 0 Å². The van der Waals surface area contributed by atoms with Crippen LogP contribution in [0.25, 0.3) is 0 Å². The van der Waals surface area contributed by atoms with Gasteiger partial charge in [0.15, 0.2) is 0 Å². The van der Waals surface area contributed by atoms with E-state index in [4.69, 9.17) is 9.47 Å². The van der Waals surface area contributed by atoms with E-state index in [0.29, 0.717) is 18.2 Å². The molecule has 0 atom stereocenters. The maximum Gasteiger partial charge on any atom is 0.416 e. The van der Waals surface area contributed by atoms with Gasteiger partial charge in [0.05, 0.1) is 29.6 Å². The molecule has 1 saturated heterocycles. The van der Waals surface area contributed by atoms with E-state index in [0.717, 1.165) is 22.5 Å². The molecule has 3 rings (SSSR count). The Morgan fingerprint density at radius 1 is 1.03 bits per heavy atom. The van der Waals surface area contributed by atoms with Crippen molar-refractivity contribution in [2.24, 2.45) is 5.92 Å². The maximum absolute atomic E-state index is 12.9. The molecular weight excluding hydrogens is 466 g/mol. The van der Waals surface area contributed by atoms with E-state index in [1.165, 1.54) is 24.3 Å². The van der Waals surface area contributed by atoms with Crippen LogP contribution in [0.15, 0.2) is 53.4 Å². The zero-order valence-corrected chi connectivity index (χ0v) is 18.4. The summed E-state index contributed by atoms with van der Waals surface area (Å²) in [4.78, 5) is 11.8. The molecule has 33 heavy (non-hydrogen) atoms. The summed E-state index contributed by atoms with van der Waals surface area (Å²) in [6.45, 7) is 0.396. The SMILES string of the molecule is O=C(OCCCOc1ccc(F)cc1)C1CCN(S(=O)(=O)c2cccc(C(F)(F)F)c2)CC1. The van der Waals surface area contributed by atoms with E-state index in [2.05, 4.69) is 0 Å². The number of rotatable bonds is 8. The first-order valence-electron chi connectivity index (χ1n) is 10.3. The molecule has 180 valence electrons. The summed E-state index contributed by atoms with van der Waals surface area (Å²) in [6, 6.07) is 9.13. The molecule has 0 bridgehead atoms. The van der Waals surface area contributed by atoms with Crippen molar-refractivity contribution >= 4 is 16.0 Å². The van der Waals surface area contributed by atoms with E-state index < -0.39 is 38.5 Å². The number of ether oxygens (including phenoxy) is 2. The number of carbonyl (C=O) groups excluding carboxylic acids is 1. The second-order valence-electron chi connectivity index (χ2n) is 7.53. The molecule has 0 saturated carbocycles. The van der Waals surface area contributed by atoms with Gasteiger partial charge in [-0.05, 0) is 55.3 Å². The molecule has 2 aromatic carbocycles. The predicted octanol–water partition coefficient (Wildman–Crippen LogP) is 4.26. The molecule has 0 aliphatic carbocycles. The topological polar surface area (TPSA) is 72.9 Å². The van der Waals surface area contributed by atoms with Gasteiger partial charge in [-0.3, -0.25) is 4.79 Å². The molecular formula is C22H23F4NO5S. The molecule has 0 amide bonds. The number of carbonyl (C=O) groups is 1. The van der Waals surface area contributed by atoms with Gasteiger partial charge in [-0.2, -0.15) is 17.5 Å². The Hall–Kier alpha value is -2.66. The number of alkyl halides is 3. The van der Waals surface area contributed by atoms with Crippen LogP contribution in [0.3, 0.4) is 0 Å². The van der Waals surface area contributed by atoms with Crippen molar-refractivity contribution in [1.82, 2.24) is 4.31 Å². The highest BCUT2D eigenvalue weighted by Gasteiger charge is 2.35. The van der Waals surface area contributed by atoms with Crippen molar-refractivity contribution in [3.8, 4) is 5.75 Å². The maximum atomic E-state index is 12.9. The Balaban J connectivity index is 1.44. The van der Waals surface area contributed by atoms with Crippen molar-refractivity contribution in [3.05, 3.63) is 59.9 Å². The van der Waals surface area contributed by atoms with Gasteiger partial charge in [-0.25, -0.2) is 12.8 Å². The highest BCUT2D eigenvalue weighted by Crippen LogP contribution is 2.32. The average molecular weight is 489 g/mol. The third kappa shape index (κ3) is 6.67. The van der Waals surface area contributed by atoms with Crippen LogP contribution < -0.4 is 4.74 Å². The van der Waals surface area contributed by atoms with Crippen LogP contribution in [0.4, 0.5) is 17.6 Å². The summed E-state index contributed by atoms with van der Waals surface area (Å²) in [6.07, 6.45) is -3.80. The third-order valence-electron chi connectivity index (χ3n) is 5.20. The molecule has 2 aromatic rings. The van der Waals surface area contributed by atoms with E-state index >= 15 is 0 Å². The molecule has 1 aliphatic heterocycles. The van der Waals surface area contributed by atoms with Gasteiger partial charge in [0.1, 0.15) is 11.6 Å². The molecule has 0 spiro atoms. The van der Waals surface area contributed by atoms with Crippen LogP contribution in [0, 0.1) is 11.7 Å². The Bertz CT molecular complexity index is 1050. The average Bonchev–Trinajstić information content (AvgIpc) is 2.79. The number of hydrogen-bond acceptors (Lipinski definition) is 5. The van der Waals surface area contributed by atoms with Gasteiger partial charge in [0, 0.05) is 19.5 Å². The molecule has 0 N–H and O–H groups in total. The standard InChI is InChI=1S/C22H23F4NO5S/c23-18-5-7-19(8-6-18)31-13-2-14-32-21(28)16-9-11-27(12-10-16)33(29,30)20-4-1-3-17(15-20)22(24,25)26/h1,3-8,15-16H,2,9-14H2. The molecule has 1 aliphatic rings. The lowest BCUT2D eigenvalue weighted by atomic mass is 9.98. The molecule has 1 fully saturated rings. The number of benzene rings is 2. The minimum absolute atomic E-state index is 0.00598. The molecule has 0 aromatic heterocycles. The quantitative estimate of drug-likeness (QED) is 0.315. The second-order valence-corrected chi connectivity index (χ2v) is 9.47. The van der Waals surface area contributed by atoms with Crippen LogP contribution in [0.5, 0.6) is 5.75 Å². The zero-order chi connectivity index (χ0) is 24.1. The lowest BCUT2D eigenvalue weighted by molar-refractivity contribution is -0.150. The van der Waals surface area contributed by atoms with Crippen LogP contribution >= 0.6 is 0 Å². The first-order chi connectivity index (χ1) is 15.6. The molecule has 11 heteroatoms. The van der Waals surface area contributed by atoms with Crippen molar-refractivity contribution in [2.45, 2.75) is 30.3 Å². The van der Waals surface area contributed by atoms with E-state index in [1.807, 2.05) is 0 Å². The van der Waals surface area contributed by atoms with Crippen molar-refractivity contribution in [3.63, 3.8) is 0 Å². The summed E-state index contributed by atoms with van der Waals surface area (Å²) in [5.41, 5.74) is -1.04. The van der Waals surface area contributed by atoms with Crippen LogP contribution in [-0.4, -0.2) is 45.0 Å². The van der Waals surface area contributed by atoms with E-state index in [1.54, 1.807) is 0 Å². The van der Waals surface area contributed by atoms with E-state index in [9.17, 15) is 30.8 Å². The Labute approximate surface area is 189 Å².